The average molecular weight is 396 g/mol. The number of likely N-dealkylation sites (tertiary alicyclic amines) is 1. The highest BCUT2D eigenvalue weighted by atomic mass is 16.5. The minimum atomic E-state index is -0.476. The molecule has 4 rings (SSSR count). The fourth-order valence-electron chi connectivity index (χ4n) is 4.62. The molecule has 2 unspecified atom stereocenters. The predicted molar refractivity (Wildman–Crippen MR) is 113 cm³/mol. The molecule has 1 aromatic carbocycles. The Morgan fingerprint density at radius 1 is 1.07 bits per heavy atom. The molecule has 154 valence electrons. The lowest BCUT2D eigenvalue weighted by Gasteiger charge is -2.38. The lowest BCUT2D eigenvalue weighted by Crippen LogP contribution is -2.49. The Morgan fingerprint density at radius 3 is 2.48 bits per heavy atom. The summed E-state index contributed by atoms with van der Waals surface area (Å²) in [5.74, 6) is 0.0729. The zero-order chi connectivity index (χ0) is 20.4. The lowest BCUT2D eigenvalue weighted by molar-refractivity contribution is -0.140. The van der Waals surface area contributed by atoms with Crippen molar-refractivity contribution in [3.63, 3.8) is 0 Å². The summed E-state index contributed by atoms with van der Waals surface area (Å²) in [6.07, 6.45) is 5.31. The molecule has 0 saturated carbocycles. The van der Waals surface area contributed by atoms with Gasteiger partial charge in [0.1, 0.15) is 11.4 Å². The number of ether oxygens (including phenoxy) is 1. The first-order valence-corrected chi connectivity index (χ1v) is 10.7. The number of aromatic nitrogens is 1. The Kier molecular flexibility index (Phi) is 5.69. The van der Waals surface area contributed by atoms with E-state index in [-0.39, 0.29) is 24.6 Å². The van der Waals surface area contributed by atoms with Gasteiger partial charge in [-0.1, -0.05) is 18.2 Å². The molecule has 2 saturated heterocycles. The number of para-hydroxylation sites is 1. The number of hydrogen-bond donors (Lipinski definition) is 0. The van der Waals surface area contributed by atoms with E-state index < -0.39 is 5.97 Å². The predicted octanol–water partition coefficient (Wildman–Crippen LogP) is 3.78. The number of piperidine rings is 1. The van der Waals surface area contributed by atoms with Crippen molar-refractivity contribution in [3.05, 3.63) is 35.9 Å². The smallest absolute Gasteiger partial charge is 0.342 e. The average Bonchev–Trinajstić information content (AvgIpc) is 3.25. The normalized spacial score (nSPS) is 22.1. The number of nitrogens with zero attached hydrogens (tertiary/aromatic N) is 3. The van der Waals surface area contributed by atoms with Crippen LogP contribution >= 0.6 is 0 Å². The fraction of sp³-hybridized carbons (Fsp3) is 0.522. The molecule has 0 bridgehead atoms. The van der Waals surface area contributed by atoms with Gasteiger partial charge < -0.3 is 14.5 Å². The maximum atomic E-state index is 13.0. The second-order valence-electron chi connectivity index (χ2n) is 8.25. The number of fused-ring (bicyclic) bond motifs is 1. The van der Waals surface area contributed by atoms with Crippen molar-refractivity contribution in [1.82, 2.24) is 9.88 Å². The van der Waals surface area contributed by atoms with Crippen LogP contribution in [-0.2, 0) is 9.53 Å². The van der Waals surface area contributed by atoms with E-state index in [0.29, 0.717) is 11.4 Å². The molecular weight excluding hydrogens is 366 g/mol. The molecule has 3 heterocycles. The molecule has 1 aromatic heterocycles. The van der Waals surface area contributed by atoms with Gasteiger partial charge >= 0.3 is 5.97 Å². The standard InChI is InChI=1S/C23H29N3O3/c1-16-8-7-9-17(2)26(16)21(27)15-29-23(28)19-14-18-10-3-4-11-20(18)24-22(19)25-12-5-6-13-25/h3-4,10-11,14,16-17H,5-9,12-13,15H2,1-2H3. The molecule has 6 heteroatoms. The maximum Gasteiger partial charge on any atom is 0.342 e. The van der Waals surface area contributed by atoms with Gasteiger partial charge in [-0.15, -0.1) is 0 Å². The molecule has 0 N–H and O–H groups in total. The molecular formula is C23H29N3O3. The monoisotopic (exact) mass is 395 g/mol. The van der Waals surface area contributed by atoms with E-state index in [1.807, 2.05) is 35.2 Å². The molecule has 0 aliphatic carbocycles. The Morgan fingerprint density at radius 2 is 1.76 bits per heavy atom. The first kappa shape index (κ1) is 19.7. The van der Waals surface area contributed by atoms with Gasteiger partial charge in [0.2, 0.25) is 0 Å². The first-order chi connectivity index (χ1) is 14.0. The molecule has 29 heavy (non-hydrogen) atoms. The number of hydrogen-bond acceptors (Lipinski definition) is 5. The van der Waals surface area contributed by atoms with Crippen LogP contribution in [0.15, 0.2) is 30.3 Å². The lowest BCUT2D eigenvalue weighted by atomic mass is 9.97. The molecule has 2 aliphatic heterocycles. The third kappa shape index (κ3) is 4.07. The Balaban J connectivity index is 1.54. The number of amides is 1. The van der Waals surface area contributed by atoms with Gasteiger partial charge in [-0.05, 0) is 58.1 Å². The highest BCUT2D eigenvalue weighted by molar-refractivity contribution is 6.00. The van der Waals surface area contributed by atoms with Gasteiger partial charge in [0.15, 0.2) is 6.61 Å². The van der Waals surface area contributed by atoms with Gasteiger partial charge in [-0.3, -0.25) is 4.79 Å². The number of esters is 1. The number of benzene rings is 1. The van der Waals surface area contributed by atoms with E-state index in [0.717, 1.165) is 56.1 Å². The summed E-state index contributed by atoms with van der Waals surface area (Å²) >= 11 is 0. The summed E-state index contributed by atoms with van der Waals surface area (Å²) in [4.78, 5) is 34.4. The number of carbonyl (C=O) groups excluding carboxylic acids is 2. The molecule has 2 aromatic rings. The molecule has 6 nitrogen and oxygen atoms in total. The molecule has 2 atom stereocenters. The third-order valence-corrected chi connectivity index (χ3v) is 6.14. The van der Waals surface area contributed by atoms with Crippen LogP contribution in [0, 0.1) is 0 Å². The number of carbonyl (C=O) groups is 2. The van der Waals surface area contributed by atoms with Crippen LogP contribution in [0.4, 0.5) is 5.82 Å². The van der Waals surface area contributed by atoms with Crippen molar-refractivity contribution in [2.75, 3.05) is 24.6 Å². The van der Waals surface area contributed by atoms with Gasteiger partial charge in [0.25, 0.3) is 5.91 Å². The summed E-state index contributed by atoms with van der Waals surface area (Å²) in [5.41, 5.74) is 1.30. The minimum Gasteiger partial charge on any atom is -0.452 e. The summed E-state index contributed by atoms with van der Waals surface area (Å²) in [5, 5.41) is 0.895. The summed E-state index contributed by atoms with van der Waals surface area (Å²) < 4.78 is 5.49. The van der Waals surface area contributed by atoms with Crippen molar-refractivity contribution < 1.29 is 14.3 Å². The molecule has 1 amide bonds. The Bertz CT molecular complexity index is 897. The van der Waals surface area contributed by atoms with Crippen molar-refractivity contribution in [3.8, 4) is 0 Å². The number of pyridine rings is 1. The number of anilines is 1. The van der Waals surface area contributed by atoms with E-state index in [1.54, 1.807) is 0 Å². The van der Waals surface area contributed by atoms with Crippen LogP contribution in [-0.4, -0.2) is 53.5 Å². The van der Waals surface area contributed by atoms with Crippen molar-refractivity contribution >= 4 is 28.6 Å². The van der Waals surface area contributed by atoms with Gasteiger partial charge in [-0.25, -0.2) is 9.78 Å². The van der Waals surface area contributed by atoms with Crippen molar-refractivity contribution in [2.45, 2.75) is 58.0 Å². The van der Waals surface area contributed by atoms with E-state index in [9.17, 15) is 9.59 Å². The fourth-order valence-corrected chi connectivity index (χ4v) is 4.62. The largest absolute Gasteiger partial charge is 0.452 e. The molecule has 2 fully saturated rings. The minimum absolute atomic E-state index is 0.116. The summed E-state index contributed by atoms with van der Waals surface area (Å²) in [7, 11) is 0. The van der Waals surface area contributed by atoms with E-state index in [1.165, 1.54) is 0 Å². The van der Waals surface area contributed by atoms with Gasteiger partial charge in [0, 0.05) is 30.6 Å². The summed E-state index contributed by atoms with van der Waals surface area (Å²) in [6.45, 7) is 5.67. The molecule has 0 radical (unpaired) electrons. The zero-order valence-electron chi connectivity index (χ0n) is 17.3. The Labute approximate surface area is 171 Å². The van der Waals surface area contributed by atoms with Crippen LogP contribution < -0.4 is 4.90 Å². The van der Waals surface area contributed by atoms with E-state index >= 15 is 0 Å². The highest BCUT2D eigenvalue weighted by Gasteiger charge is 2.30. The van der Waals surface area contributed by atoms with Crippen LogP contribution in [0.25, 0.3) is 10.9 Å². The molecule has 2 aliphatic rings. The molecule has 0 spiro atoms. The van der Waals surface area contributed by atoms with Crippen molar-refractivity contribution in [2.24, 2.45) is 0 Å². The second kappa shape index (κ2) is 8.39. The topological polar surface area (TPSA) is 62.7 Å². The third-order valence-electron chi connectivity index (χ3n) is 6.14. The van der Waals surface area contributed by atoms with Gasteiger partial charge in [0.05, 0.1) is 5.52 Å². The van der Waals surface area contributed by atoms with Crippen LogP contribution in [0.2, 0.25) is 0 Å². The van der Waals surface area contributed by atoms with Crippen LogP contribution in [0.3, 0.4) is 0 Å². The van der Waals surface area contributed by atoms with Gasteiger partial charge in [-0.2, -0.15) is 0 Å². The summed E-state index contributed by atoms with van der Waals surface area (Å²) in [6, 6.07) is 9.98. The van der Waals surface area contributed by atoms with Crippen LogP contribution in [0.5, 0.6) is 0 Å². The number of rotatable bonds is 4. The highest BCUT2D eigenvalue weighted by Crippen LogP contribution is 2.27. The van der Waals surface area contributed by atoms with Crippen molar-refractivity contribution in [1.29, 1.82) is 0 Å². The Hall–Kier alpha value is -2.63. The second-order valence-corrected chi connectivity index (χ2v) is 8.25. The maximum absolute atomic E-state index is 13.0. The zero-order valence-corrected chi connectivity index (χ0v) is 17.3. The quantitative estimate of drug-likeness (QED) is 0.737. The first-order valence-electron chi connectivity index (χ1n) is 10.7. The van der Waals surface area contributed by atoms with E-state index in [4.69, 9.17) is 9.72 Å². The van der Waals surface area contributed by atoms with E-state index in [2.05, 4.69) is 18.7 Å². The SMILES string of the molecule is CC1CCCC(C)N1C(=O)COC(=O)c1cc2ccccc2nc1N1CCCC1. The van der Waals surface area contributed by atoms with Crippen LogP contribution in [0.1, 0.15) is 56.3 Å².